The molecule has 3 rings (SSSR count). The summed E-state index contributed by atoms with van der Waals surface area (Å²) in [4.78, 5) is 0. The topological polar surface area (TPSA) is 0 Å². The first-order chi connectivity index (χ1) is 15.7. The molecule has 2 aliphatic heterocycles. The quantitative estimate of drug-likeness (QED) is 0.116. The van der Waals surface area contributed by atoms with Crippen molar-refractivity contribution in [1.82, 2.24) is 0 Å². The predicted molar refractivity (Wildman–Crippen MR) is 145 cm³/mol. The fourth-order valence-electron chi connectivity index (χ4n) is 5.60. The Bertz CT molecular complexity index is 475. The van der Waals surface area contributed by atoms with E-state index in [1.807, 2.05) is 0 Å². The third-order valence-electron chi connectivity index (χ3n) is 7.38. The Morgan fingerprint density at radius 3 is 0.941 bits per heavy atom. The van der Waals surface area contributed by atoms with Crippen LogP contribution in [0.1, 0.15) is 105 Å². The zero-order valence-corrected chi connectivity index (χ0v) is 25.3. The van der Waals surface area contributed by atoms with E-state index in [1.165, 1.54) is 51.4 Å². The Kier molecular flexibility index (Phi) is 20.2. The van der Waals surface area contributed by atoms with Crippen molar-refractivity contribution in [2.24, 2.45) is 0 Å². The van der Waals surface area contributed by atoms with Crippen molar-refractivity contribution in [3.63, 3.8) is 0 Å². The molecule has 0 bridgehead atoms. The molecule has 0 nitrogen and oxygen atoms in total. The number of halogens is 4. The van der Waals surface area contributed by atoms with Gasteiger partial charge in [-0.1, -0.05) is 52.0 Å². The van der Waals surface area contributed by atoms with E-state index in [4.69, 9.17) is 0 Å². The average molecular weight is 612 g/mol. The second-order valence-electron chi connectivity index (χ2n) is 9.47. The molecule has 4 unspecified atom stereocenters. The Balaban J connectivity index is 0.000000642. The molecule has 34 heavy (non-hydrogen) atoms. The number of hydrogen-bond acceptors (Lipinski definition) is 0. The molecule has 0 aromatic carbocycles. The van der Waals surface area contributed by atoms with Gasteiger partial charge in [0.2, 0.25) is 0 Å². The number of rotatable bonds is 7. The van der Waals surface area contributed by atoms with Gasteiger partial charge in [0.05, 0.1) is 0 Å². The molecule has 8 heteroatoms. The molecule has 0 amide bonds. The SMILES string of the molecule is C1=C\CC/C=C\CC/1.CCC1CCC(CC)P1CCP1C(CC)CCC1CC.F[B-](F)(F)F.[Rh]. The van der Waals surface area contributed by atoms with E-state index in [2.05, 4.69) is 52.0 Å². The van der Waals surface area contributed by atoms with Gasteiger partial charge in [-0.3, -0.25) is 0 Å². The summed E-state index contributed by atoms with van der Waals surface area (Å²) in [6.07, 6.45) is 29.4. The Labute approximate surface area is 223 Å². The Morgan fingerprint density at radius 1 is 0.559 bits per heavy atom. The second kappa shape index (κ2) is 19.8. The van der Waals surface area contributed by atoms with E-state index >= 15 is 0 Å². The minimum absolute atomic E-state index is 0. The first-order valence-electron chi connectivity index (χ1n) is 13.4. The van der Waals surface area contributed by atoms with Crippen molar-refractivity contribution in [1.29, 1.82) is 0 Å². The van der Waals surface area contributed by atoms with Crippen molar-refractivity contribution in [3.05, 3.63) is 24.3 Å². The van der Waals surface area contributed by atoms with Gasteiger partial charge in [-0.2, -0.15) is 0 Å². The summed E-state index contributed by atoms with van der Waals surface area (Å²) in [5, 5.41) is 0. The number of allylic oxidation sites excluding steroid dienone is 4. The first kappa shape index (κ1) is 34.7. The molecule has 2 fully saturated rings. The molecule has 2 saturated heterocycles. The minimum Gasteiger partial charge on any atom is -0.418 e. The molecule has 0 spiro atoms. The van der Waals surface area contributed by atoms with Gasteiger partial charge < -0.3 is 17.3 Å². The third kappa shape index (κ3) is 14.5. The van der Waals surface area contributed by atoms with Crippen molar-refractivity contribution in [2.75, 3.05) is 12.3 Å². The van der Waals surface area contributed by atoms with E-state index in [1.54, 1.807) is 38.0 Å². The van der Waals surface area contributed by atoms with Crippen molar-refractivity contribution < 1.29 is 36.7 Å². The van der Waals surface area contributed by atoms with Crippen molar-refractivity contribution in [3.8, 4) is 0 Å². The Hall–Kier alpha value is 0.748. The van der Waals surface area contributed by atoms with Gasteiger partial charge in [-0.05, 0) is 112 Å². The molecule has 2 heterocycles. The first-order valence-corrected chi connectivity index (χ1v) is 16.8. The van der Waals surface area contributed by atoms with Crippen LogP contribution in [0.5, 0.6) is 0 Å². The van der Waals surface area contributed by atoms with Gasteiger partial charge in [0, 0.05) is 19.5 Å². The maximum atomic E-state index is 9.75. The summed E-state index contributed by atoms with van der Waals surface area (Å²) in [6, 6.07) is 0. The third-order valence-corrected chi connectivity index (χ3v) is 15.5. The largest absolute Gasteiger partial charge is 0.673 e. The van der Waals surface area contributed by atoms with Crippen LogP contribution in [0, 0.1) is 0 Å². The molecule has 0 N–H and O–H groups in total. The van der Waals surface area contributed by atoms with Crippen LogP contribution in [0.25, 0.3) is 0 Å². The number of hydrogen-bond donors (Lipinski definition) is 0. The summed E-state index contributed by atoms with van der Waals surface area (Å²) in [7, 11) is -5.24. The summed E-state index contributed by atoms with van der Waals surface area (Å²) >= 11 is 0. The van der Waals surface area contributed by atoms with Crippen LogP contribution in [0.2, 0.25) is 0 Å². The van der Waals surface area contributed by atoms with E-state index < -0.39 is 7.25 Å². The predicted octanol–water partition coefficient (Wildman–Crippen LogP) is 10.6. The fraction of sp³-hybridized carbons (Fsp3) is 0.846. The van der Waals surface area contributed by atoms with E-state index in [0.717, 1.165) is 22.6 Å². The fourth-order valence-corrected chi connectivity index (χ4v) is 13.9. The van der Waals surface area contributed by atoms with Gasteiger partial charge in [0.1, 0.15) is 0 Å². The van der Waals surface area contributed by atoms with Crippen LogP contribution in [0.4, 0.5) is 17.3 Å². The van der Waals surface area contributed by atoms with Crippen molar-refractivity contribution >= 4 is 23.1 Å². The molecule has 0 aromatic rings. The maximum Gasteiger partial charge on any atom is 0.673 e. The van der Waals surface area contributed by atoms with Gasteiger partial charge in [0.15, 0.2) is 0 Å². The van der Waals surface area contributed by atoms with Crippen LogP contribution in [-0.2, 0) is 19.5 Å². The van der Waals surface area contributed by atoms with Crippen LogP contribution in [0.3, 0.4) is 0 Å². The molecular weight excluding hydrogens is 564 g/mol. The van der Waals surface area contributed by atoms with Gasteiger partial charge in [-0.15, -0.1) is 15.8 Å². The molecular formula is C26H48BF4P2Rh-. The van der Waals surface area contributed by atoms with Crippen molar-refractivity contribution in [2.45, 2.75) is 127 Å². The summed E-state index contributed by atoms with van der Waals surface area (Å²) in [5.41, 5.74) is 4.53. The monoisotopic (exact) mass is 612 g/mol. The van der Waals surface area contributed by atoms with Gasteiger partial charge >= 0.3 is 7.25 Å². The standard InChI is InChI=1S/C18H36P2.C8H12.BF4.Rh/c1-5-15-9-10-16(6-2)19(15)13-14-20-17(7-3)11-12-18(20)8-4;1-2-4-6-8-7-5-3-1;2-1(3,4)5;/h15-18H,5-14H2,1-4H3;1-2,7-8H,3-6H2;;/q;;-1;/b;2-1-,8-7-;;. The van der Waals surface area contributed by atoms with Crippen LogP contribution in [-0.4, -0.2) is 42.2 Å². The molecule has 203 valence electrons. The minimum atomic E-state index is -6.00. The smallest absolute Gasteiger partial charge is 0.418 e. The molecule has 1 aliphatic carbocycles. The summed E-state index contributed by atoms with van der Waals surface area (Å²) in [5.74, 6) is 0. The summed E-state index contributed by atoms with van der Waals surface area (Å²) in [6.45, 7) is 9.79. The summed E-state index contributed by atoms with van der Waals surface area (Å²) < 4.78 is 39.0. The molecule has 0 saturated carbocycles. The molecule has 3 aliphatic rings. The van der Waals surface area contributed by atoms with Crippen LogP contribution >= 0.6 is 15.8 Å². The average Bonchev–Trinajstić information content (AvgIpc) is 3.33. The van der Waals surface area contributed by atoms with E-state index in [9.17, 15) is 17.3 Å². The van der Waals surface area contributed by atoms with Gasteiger partial charge in [0.25, 0.3) is 0 Å². The van der Waals surface area contributed by atoms with E-state index in [0.29, 0.717) is 15.8 Å². The van der Waals surface area contributed by atoms with Gasteiger partial charge in [-0.25, -0.2) is 0 Å². The molecule has 0 aromatic heterocycles. The second-order valence-corrected chi connectivity index (χ2v) is 15.3. The van der Waals surface area contributed by atoms with Crippen LogP contribution in [0.15, 0.2) is 24.3 Å². The Morgan fingerprint density at radius 2 is 0.765 bits per heavy atom. The normalized spacial score (nSPS) is 32.7. The van der Waals surface area contributed by atoms with E-state index in [-0.39, 0.29) is 19.5 Å². The molecule has 4 atom stereocenters. The maximum absolute atomic E-state index is 9.75. The zero-order chi connectivity index (χ0) is 24.7. The molecule has 1 radical (unpaired) electrons. The zero-order valence-electron chi connectivity index (χ0n) is 21.8. The van der Waals surface area contributed by atoms with Crippen LogP contribution < -0.4 is 0 Å².